The predicted octanol–water partition coefficient (Wildman–Crippen LogP) is 2.83. The smallest absolute Gasteiger partial charge is 0.128 e. The molecule has 1 saturated heterocycles. The fraction of sp³-hybridized carbons (Fsp3) is 0.615. The third kappa shape index (κ3) is 3.33. The topological polar surface area (TPSA) is 25.4 Å². The van der Waals surface area contributed by atoms with Crippen molar-refractivity contribution >= 4 is 17.4 Å². The Morgan fingerprint density at radius 1 is 1.41 bits per heavy atom. The standard InChI is InChI=1S/C13H19ClN2O/c1-2-17-12-6-8-16(9-7-12)13-5-3-4-11(10-14)15-13/h3-5,12H,2,6-10H2,1H3. The minimum Gasteiger partial charge on any atom is -0.378 e. The molecule has 17 heavy (non-hydrogen) atoms. The average Bonchev–Trinajstić information content (AvgIpc) is 2.40. The van der Waals surface area contributed by atoms with Crippen LogP contribution in [0.4, 0.5) is 5.82 Å². The van der Waals surface area contributed by atoms with Crippen molar-refractivity contribution in [2.45, 2.75) is 31.7 Å². The summed E-state index contributed by atoms with van der Waals surface area (Å²) in [4.78, 5) is 6.85. The van der Waals surface area contributed by atoms with Gasteiger partial charge in [-0.15, -0.1) is 11.6 Å². The maximum Gasteiger partial charge on any atom is 0.128 e. The first-order chi connectivity index (χ1) is 8.33. The molecule has 0 aromatic carbocycles. The minimum atomic E-state index is 0.424. The zero-order chi connectivity index (χ0) is 12.1. The second kappa shape index (κ2) is 6.22. The van der Waals surface area contributed by atoms with Gasteiger partial charge in [-0.05, 0) is 31.9 Å². The van der Waals surface area contributed by atoms with Crippen LogP contribution in [-0.4, -0.2) is 30.8 Å². The Morgan fingerprint density at radius 3 is 2.82 bits per heavy atom. The van der Waals surface area contributed by atoms with Gasteiger partial charge in [0.25, 0.3) is 0 Å². The largest absolute Gasteiger partial charge is 0.378 e. The Bertz CT molecular complexity index is 351. The molecule has 1 aliphatic heterocycles. The predicted molar refractivity (Wildman–Crippen MR) is 70.7 cm³/mol. The van der Waals surface area contributed by atoms with Crippen molar-refractivity contribution in [3.63, 3.8) is 0 Å². The van der Waals surface area contributed by atoms with E-state index in [4.69, 9.17) is 16.3 Å². The summed E-state index contributed by atoms with van der Waals surface area (Å²) in [5.74, 6) is 1.52. The lowest BCUT2D eigenvalue weighted by Crippen LogP contribution is -2.37. The molecule has 3 nitrogen and oxygen atoms in total. The number of halogens is 1. The molecule has 4 heteroatoms. The second-order valence-electron chi connectivity index (χ2n) is 4.26. The lowest BCUT2D eigenvalue weighted by molar-refractivity contribution is 0.0458. The summed E-state index contributed by atoms with van der Waals surface area (Å²) in [5.41, 5.74) is 0.941. The molecule has 1 aromatic heterocycles. The summed E-state index contributed by atoms with van der Waals surface area (Å²) in [6.07, 6.45) is 2.59. The van der Waals surface area contributed by atoms with Crippen molar-refractivity contribution in [2.75, 3.05) is 24.6 Å². The Morgan fingerprint density at radius 2 is 2.18 bits per heavy atom. The Labute approximate surface area is 108 Å². The first-order valence-corrected chi connectivity index (χ1v) is 6.75. The average molecular weight is 255 g/mol. The van der Waals surface area contributed by atoms with E-state index in [0.717, 1.165) is 44.0 Å². The van der Waals surface area contributed by atoms with Gasteiger partial charge >= 0.3 is 0 Å². The first-order valence-electron chi connectivity index (χ1n) is 6.22. The number of nitrogens with zero attached hydrogens (tertiary/aromatic N) is 2. The molecule has 0 atom stereocenters. The molecule has 0 amide bonds. The summed E-state index contributed by atoms with van der Waals surface area (Å²) >= 11 is 5.80. The van der Waals surface area contributed by atoms with E-state index in [9.17, 15) is 0 Å². The van der Waals surface area contributed by atoms with E-state index in [1.165, 1.54) is 0 Å². The summed E-state index contributed by atoms with van der Waals surface area (Å²) in [7, 11) is 0. The molecule has 0 N–H and O–H groups in total. The molecule has 1 aliphatic rings. The van der Waals surface area contributed by atoms with E-state index in [1.54, 1.807) is 0 Å². The Hall–Kier alpha value is -0.800. The number of rotatable bonds is 4. The fourth-order valence-electron chi connectivity index (χ4n) is 2.20. The van der Waals surface area contributed by atoms with Crippen molar-refractivity contribution in [3.8, 4) is 0 Å². The summed E-state index contributed by atoms with van der Waals surface area (Å²) in [6.45, 7) is 4.90. The fourth-order valence-corrected chi connectivity index (χ4v) is 2.35. The lowest BCUT2D eigenvalue weighted by atomic mass is 10.1. The lowest BCUT2D eigenvalue weighted by Gasteiger charge is -2.32. The molecule has 1 fully saturated rings. The van der Waals surface area contributed by atoms with Crippen molar-refractivity contribution < 1.29 is 4.74 Å². The number of hydrogen-bond donors (Lipinski definition) is 0. The van der Waals surface area contributed by atoms with Crippen LogP contribution >= 0.6 is 11.6 Å². The molecule has 0 spiro atoms. The van der Waals surface area contributed by atoms with Crippen LogP contribution in [0.2, 0.25) is 0 Å². The van der Waals surface area contributed by atoms with E-state index in [-0.39, 0.29) is 0 Å². The first kappa shape index (κ1) is 12.7. The number of aromatic nitrogens is 1. The van der Waals surface area contributed by atoms with Crippen molar-refractivity contribution in [1.29, 1.82) is 0 Å². The monoisotopic (exact) mass is 254 g/mol. The van der Waals surface area contributed by atoms with Crippen molar-refractivity contribution in [2.24, 2.45) is 0 Å². The van der Waals surface area contributed by atoms with Crippen molar-refractivity contribution in [3.05, 3.63) is 23.9 Å². The van der Waals surface area contributed by atoms with Crippen LogP contribution in [0.15, 0.2) is 18.2 Å². The highest BCUT2D eigenvalue weighted by Gasteiger charge is 2.20. The van der Waals surface area contributed by atoms with Gasteiger partial charge in [0, 0.05) is 19.7 Å². The van der Waals surface area contributed by atoms with Crippen LogP contribution < -0.4 is 4.90 Å². The summed E-state index contributed by atoms with van der Waals surface area (Å²) < 4.78 is 5.64. The van der Waals surface area contributed by atoms with Gasteiger partial charge in [-0.2, -0.15) is 0 Å². The highest BCUT2D eigenvalue weighted by molar-refractivity contribution is 6.16. The molecule has 0 saturated carbocycles. The number of ether oxygens (including phenoxy) is 1. The molecule has 1 aromatic rings. The van der Waals surface area contributed by atoms with E-state index < -0.39 is 0 Å². The Kier molecular flexibility index (Phi) is 4.63. The normalized spacial score (nSPS) is 17.4. The van der Waals surface area contributed by atoms with E-state index in [0.29, 0.717) is 12.0 Å². The highest BCUT2D eigenvalue weighted by atomic mass is 35.5. The maximum atomic E-state index is 5.80. The molecule has 0 radical (unpaired) electrons. The van der Waals surface area contributed by atoms with Crippen LogP contribution in [0.1, 0.15) is 25.5 Å². The quantitative estimate of drug-likeness (QED) is 0.773. The van der Waals surface area contributed by atoms with E-state index >= 15 is 0 Å². The molecular formula is C13H19ClN2O. The second-order valence-corrected chi connectivity index (χ2v) is 4.53. The van der Waals surface area contributed by atoms with Gasteiger partial charge in [0.1, 0.15) is 5.82 Å². The van der Waals surface area contributed by atoms with Gasteiger partial charge in [0.2, 0.25) is 0 Å². The molecule has 2 rings (SSSR count). The zero-order valence-electron chi connectivity index (χ0n) is 10.2. The third-order valence-corrected chi connectivity index (χ3v) is 3.37. The van der Waals surface area contributed by atoms with Crippen LogP contribution in [0.25, 0.3) is 0 Å². The van der Waals surface area contributed by atoms with Crippen LogP contribution in [0.3, 0.4) is 0 Å². The van der Waals surface area contributed by atoms with Gasteiger partial charge in [-0.25, -0.2) is 4.98 Å². The van der Waals surface area contributed by atoms with E-state index in [2.05, 4.69) is 22.9 Å². The van der Waals surface area contributed by atoms with Crippen LogP contribution in [0, 0.1) is 0 Å². The maximum absolute atomic E-state index is 5.80. The molecule has 0 bridgehead atoms. The number of hydrogen-bond acceptors (Lipinski definition) is 3. The van der Waals surface area contributed by atoms with Gasteiger partial charge in [-0.1, -0.05) is 6.07 Å². The molecule has 2 heterocycles. The SMILES string of the molecule is CCOC1CCN(c2cccc(CCl)n2)CC1. The van der Waals surface area contributed by atoms with Gasteiger partial charge in [0.05, 0.1) is 17.7 Å². The number of alkyl halides is 1. The van der Waals surface area contributed by atoms with Crippen LogP contribution in [-0.2, 0) is 10.6 Å². The highest BCUT2D eigenvalue weighted by Crippen LogP contribution is 2.20. The van der Waals surface area contributed by atoms with Crippen LogP contribution in [0.5, 0.6) is 0 Å². The number of anilines is 1. The summed E-state index contributed by atoms with van der Waals surface area (Å²) in [5, 5.41) is 0. The molecule has 0 aliphatic carbocycles. The van der Waals surface area contributed by atoms with Gasteiger partial charge < -0.3 is 9.64 Å². The summed E-state index contributed by atoms with van der Waals surface area (Å²) in [6, 6.07) is 6.04. The third-order valence-electron chi connectivity index (χ3n) is 3.10. The number of pyridine rings is 1. The minimum absolute atomic E-state index is 0.424. The molecular weight excluding hydrogens is 236 g/mol. The Balaban J connectivity index is 1.95. The molecule has 0 unspecified atom stereocenters. The van der Waals surface area contributed by atoms with Gasteiger partial charge in [0.15, 0.2) is 0 Å². The zero-order valence-corrected chi connectivity index (χ0v) is 11.0. The molecule has 94 valence electrons. The van der Waals surface area contributed by atoms with E-state index in [1.807, 2.05) is 12.1 Å². The van der Waals surface area contributed by atoms with Crippen molar-refractivity contribution in [1.82, 2.24) is 4.98 Å². The van der Waals surface area contributed by atoms with Gasteiger partial charge in [-0.3, -0.25) is 0 Å². The number of piperidine rings is 1.